The van der Waals surface area contributed by atoms with Gasteiger partial charge in [-0.2, -0.15) is 0 Å². The molecule has 2 aliphatic heterocycles. The molecule has 0 aromatic rings. The minimum absolute atomic E-state index is 0.131. The van der Waals surface area contributed by atoms with Crippen LogP contribution < -0.4 is 0 Å². The Morgan fingerprint density at radius 1 is 0.611 bits per heavy atom. The van der Waals surface area contributed by atoms with Crippen molar-refractivity contribution in [3.63, 3.8) is 0 Å². The molecule has 2 nitrogen and oxygen atoms in total. The van der Waals surface area contributed by atoms with E-state index >= 15 is 0 Å². The van der Waals surface area contributed by atoms with Crippen molar-refractivity contribution in [3.05, 3.63) is 0 Å². The first-order chi connectivity index (χ1) is 8.86. The van der Waals surface area contributed by atoms with Gasteiger partial charge in [-0.1, -0.05) is 51.4 Å². The van der Waals surface area contributed by atoms with Crippen LogP contribution in [0.3, 0.4) is 0 Å². The van der Waals surface area contributed by atoms with Crippen LogP contribution in [-0.2, 0) is 4.74 Å². The molecular formula is C16H30O2. The molecule has 3 atom stereocenters. The normalized spacial score (nSPS) is 36.8. The number of aliphatic hydroxyl groups excluding tert-OH is 1. The second kappa shape index (κ2) is 8.16. The SMILES string of the molecule is OC1CCCCCCCCCCC2CCCC1O2. The predicted molar refractivity (Wildman–Crippen MR) is 74.7 cm³/mol. The van der Waals surface area contributed by atoms with Gasteiger partial charge in [0.15, 0.2) is 0 Å². The second-order valence-corrected chi connectivity index (χ2v) is 6.20. The average Bonchev–Trinajstić information content (AvgIpc) is 2.40. The minimum Gasteiger partial charge on any atom is -0.390 e. The van der Waals surface area contributed by atoms with Crippen LogP contribution in [-0.4, -0.2) is 23.4 Å². The zero-order chi connectivity index (χ0) is 12.6. The molecule has 18 heavy (non-hydrogen) atoms. The summed E-state index contributed by atoms with van der Waals surface area (Å²) in [4.78, 5) is 0. The third-order valence-corrected chi connectivity index (χ3v) is 4.59. The molecular weight excluding hydrogens is 224 g/mol. The largest absolute Gasteiger partial charge is 0.390 e. The van der Waals surface area contributed by atoms with E-state index in [0.29, 0.717) is 6.10 Å². The third-order valence-electron chi connectivity index (χ3n) is 4.59. The quantitative estimate of drug-likeness (QED) is 0.702. The molecule has 2 bridgehead atoms. The van der Waals surface area contributed by atoms with Gasteiger partial charge in [-0.15, -0.1) is 0 Å². The number of rotatable bonds is 0. The van der Waals surface area contributed by atoms with Gasteiger partial charge in [-0.25, -0.2) is 0 Å². The van der Waals surface area contributed by atoms with E-state index in [1.54, 1.807) is 0 Å². The van der Waals surface area contributed by atoms with E-state index in [1.807, 2.05) is 0 Å². The molecule has 0 aromatic carbocycles. The molecule has 2 rings (SSSR count). The van der Waals surface area contributed by atoms with Gasteiger partial charge in [-0.3, -0.25) is 0 Å². The Hall–Kier alpha value is -0.0800. The molecule has 0 aliphatic carbocycles. The van der Waals surface area contributed by atoms with E-state index in [0.717, 1.165) is 12.8 Å². The monoisotopic (exact) mass is 254 g/mol. The van der Waals surface area contributed by atoms with E-state index in [2.05, 4.69) is 0 Å². The lowest BCUT2D eigenvalue weighted by Gasteiger charge is -2.33. The summed E-state index contributed by atoms with van der Waals surface area (Å²) < 4.78 is 6.09. The van der Waals surface area contributed by atoms with E-state index in [4.69, 9.17) is 4.74 Å². The number of aliphatic hydroxyl groups is 1. The maximum Gasteiger partial charge on any atom is 0.0837 e. The smallest absolute Gasteiger partial charge is 0.0837 e. The highest BCUT2D eigenvalue weighted by Crippen LogP contribution is 2.27. The lowest BCUT2D eigenvalue weighted by atomic mass is 9.94. The topological polar surface area (TPSA) is 29.5 Å². The second-order valence-electron chi connectivity index (χ2n) is 6.20. The van der Waals surface area contributed by atoms with Crippen LogP contribution in [0, 0.1) is 0 Å². The van der Waals surface area contributed by atoms with E-state index in [-0.39, 0.29) is 12.2 Å². The molecule has 3 unspecified atom stereocenters. The maximum atomic E-state index is 10.2. The molecule has 0 radical (unpaired) electrons. The molecule has 0 spiro atoms. The first kappa shape index (κ1) is 14.3. The van der Waals surface area contributed by atoms with Gasteiger partial charge < -0.3 is 9.84 Å². The van der Waals surface area contributed by atoms with Crippen molar-refractivity contribution in [2.75, 3.05) is 0 Å². The fraction of sp³-hybridized carbons (Fsp3) is 1.00. The summed E-state index contributed by atoms with van der Waals surface area (Å²) in [7, 11) is 0. The number of hydrogen-bond donors (Lipinski definition) is 1. The standard InChI is InChI=1S/C16H30O2/c17-15-12-8-6-4-2-1-3-5-7-10-14-11-9-13-16(15)18-14/h14-17H,1-13H2. The highest BCUT2D eigenvalue weighted by Gasteiger charge is 2.27. The summed E-state index contributed by atoms with van der Waals surface area (Å²) in [5.74, 6) is 0. The highest BCUT2D eigenvalue weighted by atomic mass is 16.5. The fourth-order valence-corrected chi connectivity index (χ4v) is 3.40. The van der Waals surface area contributed by atoms with Crippen LogP contribution >= 0.6 is 0 Å². The van der Waals surface area contributed by atoms with Gasteiger partial charge in [-0.05, 0) is 32.1 Å². The third kappa shape index (κ3) is 4.89. The lowest BCUT2D eigenvalue weighted by Crippen LogP contribution is -2.36. The highest BCUT2D eigenvalue weighted by molar-refractivity contribution is 4.77. The van der Waals surface area contributed by atoms with E-state index in [9.17, 15) is 5.11 Å². The Kier molecular flexibility index (Phi) is 6.50. The molecule has 2 saturated heterocycles. The van der Waals surface area contributed by atoms with E-state index in [1.165, 1.54) is 70.6 Å². The first-order valence-corrected chi connectivity index (χ1v) is 8.20. The number of hydrogen-bond acceptors (Lipinski definition) is 2. The Morgan fingerprint density at radius 2 is 1.17 bits per heavy atom. The van der Waals surface area contributed by atoms with Crippen LogP contribution in [0.1, 0.15) is 83.5 Å². The summed E-state index contributed by atoms with van der Waals surface area (Å²) >= 11 is 0. The fourth-order valence-electron chi connectivity index (χ4n) is 3.40. The van der Waals surface area contributed by atoms with Gasteiger partial charge >= 0.3 is 0 Å². The average molecular weight is 254 g/mol. The zero-order valence-corrected chi connectivity index (χ0v) is 11.8. The molecule has 2 aliphatic rings. The summed E-state index contributed by atoms with van der Waals surface area (Å²) in [6.07, 6.45) is 16.7. The Labute approximate surface area is 112 Å². The Morgan fingerprint density at radius 3 is 1.89 bits per heavy atom. The van der Waals surface area contributed by atoms with Gasteiger partial charge in [0.1, 0.15) is 0 Å². The lowest BCUT2D eigenvalue weighted by molar-refractivity contribution is -0.110. The molecule has 0 aromatic heterocycles. The summed E-state index contributed by atoms with van der Waals surface area (Å²) in [5, 5.41) is 10.2. The summed E-state index contributed by atoms with van der Waals surface area (Å²) in [6, 6.07) is 0. The van der Waals surface area contributed by atoms with Crippen molar-refractivity contribution in [1.82, 2.24) is 0 Å². The van der Waals surface area contributed by atoms with Gasteiger partial charge in [0.2, 0.25) is 0 Å². The van der Waals surface area contributed by atoms with Gasteiger partial charge in [0, 0.05) is 0 Å². The zero-order valence-electron chi connectivity index (χ0n) is 11.8. The molecule has 2 fully saturated rings. The van der Waals surface area contributed by atoms with Crippen LogP contribution in [0.5, 0.6) is 0 Å². The van der Waals surface area contributed by atoms with Crippen LogP contribution in [0.25, 0.3) is 0 Å². The minimum atomic E-state index is -0.212. The van der Waals surface area contributed by atoms with Gasteiger partial charge in [0.05, 0.1) is 18.3 Å². The summed E-state index contributed by atoms with van der Waals surface area (Å²) in [5.41, 5.74) is 0. The summed E-state index contributed by atoms with van der Waals surface area (Å²) in [6.45, 7) is 0. The Balaban J connectivity index is 1.81. The van der Waals surface area contributed by atoms with Crippen molar-refractivity contribution in [3.8, 4) is 0 Å². The van der Waals surface area contributed by atoms with Crippen LogP contribution in [0.2, 0.25) is 0 Å². The van der Waals surface area contributed by atoms with Gasteiger partial charge in [0.25, 0.3) is 0 Å². The first-order valence-electron chi connectivity index (χ1n) is 8.20. The number of ether oxygens (including phenoxy) is 1. The van der Waals surface area contributed by atoms with Crippen LogP contribution in [0.4, 0.5) is 0 Å². The number of fused-ring (bicyclic) bond motifs is 2. The van der Waals surface area contributed by atoms with E-state index < -0.39 is 0 Å². The van der Waals surface area contributed by atoms with Crippen molar-refractivity contribution in [2.24, 2.45) is 0 Å². The predicted octanol–water partition coefficient (Wildman–Crippen LogP) is 4.20. The molecule has 0 saturated carbocycles. The molecule has 0 amide bonds. The van der Waals surface area contributed by atoms with Crippen molar-refractivity contribution < 1.29 is 9.84 Å². The molecule has 106 valence electrons. The van der Waals surface area contributed by atoms with Crippen molar-refractivity contribution in [1.29, 1.82) is 0 Å². The molecule has 2 heteroatoms. The van der Waals surface area contributed by atoms with Crippen molar-refractivity contribution >= 4 is 0 Å². The Bertz CT molecular complexity index is 207. The molecule has 2 heterocycles. The van der Waals surface area contributed by atoms with Crippen LogP contribution in [0.15, 0.2) is 0 Å². The maximum absolute atomic E-state index is 10.2. The molecule has 1 N–H and O–H groups in total. The van der Waals surface area contributed by atoms with Crippen molar-refractivity contribution in [2.45, 2.75) is 102 Å².